The number of carbonyl (C=O) groups excluding carboxylic acids is 1. The van der Waals surface area contributed by atoms with Crippen molar-refractivity contribution >= 4 is 5.91 Å². The number of halogens is 1. The topological polar surface area (TPSA) is 45.9 Å². The van der Waals surface area contributed by atoms with Crippen LogP contribution in [0, 0.1) is 5.82 Å². The third-order valence-corrected chi connectivity index (χ3v) is 4.33. The van der Waals surface area contributed by atoms with Gasteiger partial charge in [-0.05, 0) is 36.8 Å². The second kappa shape index (κ2) is 8.27. The molecule has 0 saturated carbocycles. The zero-order valence-electron chi connectivity index (χ0n) is 14.4. The molecule has 0 radical (unpaired) electrons. The summed E-state index contributed by atoms with van der Waals surface area (Å²) in [6, 6.07) is 9.77. The van der Waals surface area contributed by atoms with Gasteiger partial charge in [0, 0.05) is 38.9 Å². The summed E-state index contributed by atoms with van der Waals surface area (Å²) in [7, 11) is 1.64. The fourth-order valence-corrected chi connectivity index (χ4v) is 3.08. The zero-order chi connectivity index (χ0) is 17.6. The monoisotopic (exact) mass is 346 g/mol. The highest BCUT2D eigenvalue weighted by molar-refractivity contribution is 5.94. The van der Waals surface area contributed by atoms with E-state index in [1.807, 2.05) is 12.1 Å². The normalized spacial score (nSPS) is 16.0. The third-order valence-electron chi connectivity index (χ3n) is 4.33. The number of rotatable bonds is 5. The molecule has 6 heteroatoms. The van der Waals surface area contributed by atoms with E-state index in [-0.39, 0.29) is 11.7 Å². The molecular weight excluding hydrogens is 323 g/mol. The van der Waals surface area contributed by atoms with E-state index in [0.29, 0.717) is 31.8 Å². The lowest BCUT2D eigenvalue weighted by atomic mass is 10.2. The predicted molar refractivity (Wildman–Crippen MR) is 91.6 cm³/mol. The lowest BCUT2D eigenvalue weighted by Crippen LogP contribution is -2.35. The van der Waals surface area contributed by atoms with Crippen molar-refractivity contribution in [3.8, 4) is 0 Å². The predicted octanol–water partition coefficient (Wildman–Crippen LogP) is 2.91. The number of hydrogen-bond donors (Lipinski definition) is 0. The Balaban J connectivity index is 1.57. The minimum absolute atomic E-state index is 0.110. The summed E-state index contributed by atoms with van der Waals surface area (Å²) in [5.41, 5.74) is 0.406. The number of carbonyl (C=O) groups is 1. The fraction of sp³-hybridized carbons (Fsp3) is 0.421. The number of amides is 1. The van der Waals surface area contributed by atoms with Crippen LogP contribution in [0.25, 0.3) is 0 Å². The Bertz CT molecular complexity index is 716. The van der Waals surface area contributed by atoms with Crippen LogP contribution in [0.2, 0.25) is 0 Å². The van der Waals surface area contributed by atoms with Gasteiger partial charge in [0.15, 0.2) is 0 Å². The zero-order valence-corrected chi connectivity index (χ0v) is 14.4. The van der Waals surface area contributed by atoms with Crippen molar-refractivity contribution in [1.29, 1.82) is 0 Å². The van der Waals surface area contributed by atoms with Crippen LogP contribution in [0.4, 0.5) is 4.39 Å². The van der Waals surface area contributed by atoms with Gasteiger partial charge in [-0.25, -0.2) is 4.39 Å². The molecule has 5 nitrogen and oxygen atoms in total. The van der Waals surface area contributed by atoms with E-state index in [2.05, 4.69) is 4.90 Å². The van der Waals surface area contributed by atoms with Crippen LogP contribution in [0.3, 0.4) is 0 Å². The molecule has 0 aliphatic carbocycles. The highest BCUT2D eigenvalue weighted by Gasteiger charge is 2.21. The lowest BCUT2D eigenvalue weighted by Gasteiger charge is -2.21. The minimum atomic E-state index is -0.382. The van der Waals surface area contributed by atoms with Crippen molar-refractivity contribution in [2.45, 2.75) is 19.6 Å². The highest BCUT2D eigenvalue weighted by atomic mass is 19.1. The van der Waals surface area contributed by atoms with Gasteiger partial charge in [0.05, 0.1) is 6.54 Å². The van der Waals surface area contributed by atoms with E-state index in [1.165, 1.54) is 12.1 Å². The maximum atomic E-state index is 13.3. The van der Waals surface area contributed by atoms with Gasteiger partial charge in [-0.1, -0.05) is 6.07 Å². The molecule has 25 heavy (non-hydrogen) atoms. The Morgan fingerprint density at radius 2 is 2.00 bits per heavy atom. The summed E-state index contributed by atoms with van der Waals surface area (Å²) in [5, 5.41) is 0. The number of furan rings is 1. The average molecular weight is 346 g/mol. The van der Waals surface area contributed by atoms with Gasteiger partial charge >= 0.3 is 0 Å². The first-order valence-corrected chi connectivity index (χ1v) is 8.49. The van der Waals surface area contributed by atoms with E-state index in [1.54, 1.807) is 24.1 Å². The van der Waals surface area contributed by atoms with Crippen molar-refractivity contribution in [3.05, 3.63) is 59.3 Å². The van der Waals surface area contributed by atoms with Gasteiger partial charge in [-0.3, -0.25) is 9.69 Å². The summed E-state index contributed by atoms with van der Waals surface area (Å²) in [6.07, 6.45) is 0.882. The van der Waals surface area contributed by atoms with E-state index in [4.69, 9.17) is 9.15 Å². The summed E-state index contributed by atoms with van der Waals surface area (Å²) in [6.45, 7) is 4.15. The fourth-order valence-electron chi connectivity index (χ4n) is 3.08. The standard InChI is InChI=1S/C19H23FN2O3/c1-24-14-18-7-6-17(25-18)13-21-8-3-9-22(11-10-21)19(23)15-4-2-5-16(20)12-15/h2,4-7,12H,3,8-11,13-14H2,1H3. The first kappa shape index (κ1) is 17.6. The summed E-state index contributed by atoms with van der Waals surface area (Å²) in [5.74, 6) is 1.22. The molecule has 1 fully saturated rings. The van der Waals surface area contributed by atoms with Gasteiger partial charge in [0.25, 0.3) is 5.91 Å². The molecule has 0 N–H and O–H groups in total. The molecule has 3 rings (SSSR count). The Kier molecular flexibility index (Phi) is 5.83. The van der Waals surface area contributed by atoms with Crippen LogP contribution in [-0.2, 0) is 17.9 Å². The number of methoxy groups -OCH3 is 1. The molecule has 1 amide bonds. The Morgan fingerprint density at radius 1 is 1.16 bits per heavy atom. The molecule has 2 aromatic rings. The number of nitrogens with zero attached hydrogens (tertiary/aromatic N) is 2. The average Bonchev–Trinajstić information content (AvgIpc) is 2.90. The van der Waals surface area contributed by atoms with Gasteiger partial charge < -0.3 is 14.1 Å². The number of ether oxygens (including phenoxy) is 1. The smallest absolute Gasteiger partial charge is 0.254 e. The first-order valence-electron chi connectivity index (χ1n) is 8.49. The van der Waals surface area contributed by atoms with Gasteiger partial charge in [-0.2, -0.15) is 0 Å². The maximum absolute atomic E-state index is 13.3. The molecule has 1 saturated heterocycles. The van der Waals surface area contributed by atoms with Crippen molar-refractivity contribution in [3.63, 3.8) is 0 Å². The van der Waals surface area contributed by atoms with E-state index < -0.39 is 0 Å². The minimum Gasteiger partial charge on any atom is -0.462 e. The maximum Gasteiger partial charge on any atom is 0.254 e. The molecule has 0 bridgehead atoms. The van der Waals surface area contributed by atoms with Crippen LogP contribution in [0.1, 0.15) is 28.3 Å². The summed E-state index contributed by atoms with van der Waals surface area (Å²) < 4.78 is 24.1. The molecule has 1 aromatic heterocycles. The van der Waals surface area contributed by atoms with Gasteiger partial charge in [-0.15, -0.1) is 0 Å². The van der Waals surface area contributed by atoms with Crippen LogP contribution in [0.5, 0.6) is 0 Å². The quantitative estimate of drug-likeness (QED) is 0.835. The summed E-state index contributed by atoms with van der Waals surface area (Å²) >= 11 is 0. The Hall–Kier alpha value is -2.18. The molecule has 0 unspecified atom stereocenters. The molecule has 0 atom stereocenters. The molecule has 134 valence electrons. The van der Waals surface area contributed by atoms with Crippen molar-refractivity contribution < 1.29 is 18.3 Å². The van der Waals surface area contributed by atoms with Gasteiger partial charge in [0.1, 0.15) is 23.9 Å². The second-order valence-corrected chi connectivity index (χ2v) is 6.23. The van der Waals surface area contributed by atoms with E-state index >= 15 is 0 Å². The molecule has 0 spiro atoms. The Morgan fingerprint density at radius 3 is 2.80 bits per heavy atom. The van der Waals surface area contributed by atoms with Crippen molar-refractivity contribution in [2.24, 2.45) is 0 Å². The molecular formula is C19H23FN2O3. The number of hydrogen-bond acceptors (Lipinski definition) is 4. The van der Waals surface area contributed by atoms with Crippen LogP contribution >= 0.6 is 0 Å². The molecule has 1 aliphatic rings. The van der Waals surface area contributed by atoms with Crippen LogP contribution < -0.4 is 0 Å². The van der Waals surface area contributed by atoms with Gasteiger partial charge in [0.2, 0.25) is 0 Å². The van der Waals surface area contributed by atoms with Crippen LogP contribution in [-0.4, -0.2) is 49.0 Å². The van der Waals surface area contributed by atoms with Crippen LogP contribution in [0.15, 0.2) is 40.8 Å². The molecule has 2 heterocycles. The SMILES string of the molecule is COCc1ccc(CN2CCCN(C(=O)c3cccc(F)c3)CC2)o1. The number of benzene rings is 1. The Labute approximate surface area is 147 Å². The van der Waals surface area contributed by atoms with E-state index in [0.717, 1.165) is 31.0 Å². The lowest BCUT2D eigenvalue weighted by molar-refractivity contribution is 0.0760. The molecule has 1 aromatic carbocycles. The van der Waals surface area contributed by atoms with Crippen molar-refractivity contribution in [2.75, 3.05) is 33.3 Å². The van der Waals surface area contributed by atoms with E-state index in [9.17, 15) is 9.18 Å². The third kappa shape index (κ3) is 4.67. The second-order valence-electron chi connectivity index (χ2n) is 6.23. The van der Waals surface area contributed by atoms with Crippen molar-refractivity contribution in [1.82, 2.24) is 9.80 Å². The first-order chi connectivity index (χ1) is 12.2. The summed E-state index contributed by atoms with van der Waals surface area (Å²) in [4.78, 5) is 16.6. The largest absolute Gasteiger partial charge is 0.462 e. The highest BCUT2D eigenvalue weighted by Crippen LogP contribution is 2.15. The molecule has 1 aliphatic heterocycles.